The number of nitrogens with one attached hydrogen (secondary N) is 1. The topological polar surface area (TPSA) is 32.3 Å². The highest BCUT2D eigenvalue weighted by Gasteiger charge is 2.27. The van der Waals surface area contributed by atoms with Crippen LogP contribution in [-0.2, 0) is 0 Å². The maximum absolute atomic E-state index is 11.8. The second-order valence-electron chi connectivity index (χ2n) is 3.03. The quantitative estimate of drug-likeness (QED) is 0.780. The van der Waals surface area contributed by atoms with Crippen LogP contribution >= 0.6 is 23.1 Å². The molecule has 0 saturated heterocycles. The fourth-order valence-electron chi connectivity index (χ4n) is 1.06. The molecule has 0 bridgehead atoms. The summed E-state index contributed by atoms with van der Waals surface area (Å²) in [5.41, 5.74) is -4.17. The van der Waals surface area contributed by atoms with Gasteiger partial charge in [0.05, 0.1) is 0 Å². The van der Waals surface area contributed by atoms with Gasteiger partial charge in [-0.05, 0) is 23.2 Å². The van der Waals surface area contributed by atoms with Crippen molar-refractivity contribution >= 4 is 23.1 Å². The van der Waals surface area contributed by atoms with Crippen LogP contribution < -0.4 is 5.32 Å². The highest BCUT2D eigenvalue weighted by Crippen LogP contribution is 2.29. The molecule has 92 valence electrons. The molecule has 0 aliphatic heterocycles. The summed E-state index contributed by atoms with van der Waals surface area (Å²) in [6.45, 7) is 0.505. The summed E-state index contributed by atoms with van der Waals surface area (Å²) in [5.74, 6) is -0.0410. The summed E-state index contributed by atoms with van der Waals surface area (Å²) >= 11 is 1.37. The molecule has 1 atom stereocenters. The Morgan fingerprint density at radius 1 is 1.50 bits per heavy atom. The molecule has 0 aliphatic carbocycles. The molecular weight excluding hydrogens is 259 g/mol. The van der Waals surface area contributed by atoms with Crippen LogP contribution in [0.4, 0.5) is 13.2 Å². The molecule has 0 spiro atoms. The van der Waals surface area contributed by atoms with E-state index in [1.165, 1.54) is 11.3 Å². The minimum absolute atomic E-state index is 0.0410. The van der Waals surface area contributed by atoms with Gasteiger partial charge < -0.3 is 10.4 Å². The van der Waals surface area contributed by atoms with Crippen molar-refractivity contribution in [3.63, 3.8) is 0 Å². The zero-order chi connectivity index (χ0) is 12.0. The number of alkyl halides is 3. The third kappa shape index (κ3) is 5.74. The normalized spacial score (nSPS) is 14.0. The maximum atomic E-state index is 11.8. The zero-order valence-electron chi connectivity index (χ0n) is 8.33. The molecule has 0 aromatic carbocycles. The van der Waals surface area contributed by atoms with Gasteiger partial charge in [0.15, 0.2) is 0 Å². The number of thiophene rings is 1. The lowest BCUT2D eigenvalue weighted by Gasteiger charge is -2.10. The third-order valence-corrected chi connectivity index (χ3v) is 3.46. The number of aliphatic hydroxyl groups is 1. The van der Waals surface area contributed by atoms with E-state index in [2.05, 4.69) is 5.32 Å². The summed E-state index contributed by atoms with van der Waals surface area (Å²) in [6, 6.07) is 3.62. The van der Waals surface area contributed by atoms with Crippen LogP contribution in [0, 0.1) is 0 Å². The molecule has 2 N–H and O–H groups in total. The van der Waals surface area contributed by atoms with Gasteiger partial charge in [-0.15, -0.1) is 11.3 Å². The van der Waals surface area contributed by atoms with E-state index >= 15 is 0 Å². The Labute approximate surface area is 99.9 Å². The number of aliphatic hydroxyl groups excluding tert-OH is 1. The van der Waals surface area contributed by atoms with Gasteiger partial charge in [0.25, 0.3) is 0 Å². The average molecular weight is 271 g/mol. The van der Waals surface area contributed by atoms with Crippen molar-refractivity contribution in [1.29, 1.82) is 0 Å². The van der Waals surface area contributed by atoms with Crippen molar-refractivity contribution in [3.05, 3.63) is 22.4 Å². The molecule has 0 amide bonds. The average Bonchev–Trinajstić information content (AvgIpc) is 2.67. The van der Waals surface area contributed by atoms with Crippen molar-refractivity contribution in [2.45, 2.75) is 11.6 Å². The van der Waals surface area contributed by atoms with E-state index in [1.54, 1.807) is 6.07 Å². The summed E-state index contributed by atoms with van der Waals surface area (Å²) < 4.78 is 35.3. The number of rotatable bonds is 6. The molecule has 1 heterocycles. The van der Waals surface area contributed by atoms with Crippen molar-refractivity contribution < 1.29 is 18.3 Å². The van der Waals surface area contributed by atoms with E-state index in [1.807, 2.05) is 11.4 Å². The third-order valence-electron chi connectivity index (χ3n) is 1.75. The van der Waals surface area contributed by atoms with Gasteiger partial charge in [-0.2, -0.15) is 13.2 Å². The molecule has 1 aromatic rings. The van der Waals surface area contributed by atoms with E-state index in [0.717, 1.165) is 4.88 Å². The second kappa shape index (κ2) is 6.48. The van der Waals surface area contributed by atoms with Crippen LogP contribution in [0.1, 0.15) is 11.0 Å². The van der Waals surface area contributed by atoms with Gasteiger partial charge in [-0.3, -0.25) is 0 Å². The molecule has 2 nitrogen and oxygen atoms in total. The smallest absolute Gasteiger partial charge is 0.386 e. The van der Waals surface area contributed by atoms with Crippen molar-refractivity contribution in [2.24, 2.45) is 0 Å². The Balaban J connectivity index is 2.08. The Hall–Kier alpha value is -0.240. The van der Waals surface area contributed by atoms with E-state index in [0.29, 0.717) is 0 Å². The molecule has 0 saturated carbocycles. The fourth-order valence-corrected chi connectivity index (χ4v) is 2.25. The Morgan fingerprint density at radius 2 is 2.25 bits per heavy atom. The molecule has 1 rings (SSSR count). The lowest BCUT2D eigenvalue weighted by Crippen LogP contribution is -2.24. The Kier molecular flexibility index (Phi) is 5.60. The number of halogens is 3. The van der Waals surface area contributed by atoms with Crippen LogP contribution in [-0.4, -0.2) is 29.5 Å². The second-order valence-corrected chi connectivity index (χ2v) is 5.17. The lowest BCUT2D eigenvalue weighted by atomic mass is 10.3. The molecule has 0 radical (unpaired) electrons. The first-order valence-corrected chi connectivity index (χ1v) is 6.48. The highest BCUT2D eigenvalue weighted by atomic mass is 32.2. The predicted octanol–water partition coefficient (Wildman–Crippen LogP) is 2.62. The molecule has 1 aromatic heterocycles. The fraction of sp³-hybridized carbons (Fsp3) is 0.556. The monoisotopic (exact) mass is 271 g/mol. The lowest BCUT2D eigenvalue weighted by molar-refractivity contribution is -0.0327. The summed E-state index contributed by atoms with van der Waals surface area (Å²) in [6.07, 6.45) is -0.643. The molecule has 7 heteroatoms. The van der Waals surface area contributed by atoms with Gasteiger partial charge in [-0.1, -0.05) is 6.07 Å². The van der Waals surface area contributed by atoms with Gasteiger partial charge in [0.2, 0.25) is 0 Å². The molecular formula is C9H12F3NOS2. The van der Waals surface area contributed by atoms with Crippen LogP contribution in [0.5, 0.6) is 0 Å². The largest absolute Gasteiger partial charge is 0.441 e. The highest BCUT2D eigenvalue weighted by molar-refractivity contribution is 8.00. The molecule has 16 heavy (non-hydrogen) atoms. The Morgan fingerprint density at radius 3 is 2.81 bits per heavy atom. The van der Waals surface area contributed by atoms with Crippen molar-refractivity contribution in [2.75, 3.05) is 18.8 Å². The van der Waals surface area contributed by atoms with Crippen molar-refractivity contribution in [3.8, 4) is 0 Å². The van der Waals surface area contributed by atoms with Crippen molar-refractivity contribution in [1.82, 2.24) is 5.32 Å². The summed E-state index contributed by atoms with van der Waals surface area (Å²) in [4.78, 5) is 0.816. The zero-order valence-corrected chi connectivity index (χ0v) is 9.96. The molecule has 1 unspecified atom stereocenters. The van der Waals surface area contributed by atoms with E-state index in [9.17, 15) is 18.3 Å². The summed E-state index contributed by atoms with van der Waals surface area (Å²) in [7, 11) is 0. The predicted molar refractivity (Wildman–Crippen MR) is 60.7 cm³/mol. The minimum Gasteiger partial charge on any atom is -0.386 e. The van der Waals surface area contributed by atoms with E-state index in [4.69, 9.17) is 0 Å². The minimum atomic E-state index is -4.17. The van der Waals surface area contributed by atoms with Gasteiger partial charge >= 0.3 is 5.51 Å². The number of hydrogen-bond donors (Lipinski definition) is 2. The first-order chi connectivity index (χ1) is 7.49. The molecule has 0 aliphatic rings. The maximum Gasteiger partial charge on any atom is 0.441 e. The first kappa shape index (κ1) is 13.8. The number of thioether (sulfide) groups is 1. The first-order valence-electron chi connectivity index (χ1n) is 4.62. The van der Waals surface area contributed by atoms with Crippen LogP contribution in [0.2, 0.25) is 0 Å². The molecule has 0 fully saturated rings. The van der Waals surface area contributed by atoms with Gasteiger partial charge in [0, 0.05) is 23.7 Å². The van der Waals surface area contributed by atoms with Gasteiger partial charge in [0.1, 0.15) is 6.10 Å². The summed E-state index contributed by atoms with van der Waals surface area (Å²) in [5, 5.41) is 14.2. The van der Waals surface area contributed by atoms with Gasteiger partial charge in [-0.25, -0.2) is 0 Å². The van der Waals surface area contributed by atoms with Crippen LogP contribution in [0.15, 0.2) is 17.5 Å². The SMILES string of the molecule is OC(CNCCSC(F)(F)F)c1cccs1. The van der Waals surface area contributed by atoms with E-state index in [-0.39, 0.29) is 30.6 Å². The Bertz CT molecular complexity index is 289. The standard InChI is InChI=1S/C9H12F3NOS2/c10-9(11,12)16-5-3-13-6-7(14)8-2-1-4-15-8/h1-2,4,7,13-14H,3,5-6H2. The number of hydrogen-bond acceptors (Lipinski definition) is 4. The van der Waals surface area contributed by atoms with Crippen LogP contribution in [0.25, 0.3) is 0 Å². The van der Waals surface area contributed by atoms with Crippen LogP contribution in [0.3, 0.4) is 0 Å². The van der Waals surface area contributed by atoms with E-state index < -0.39 is 11.6 Å².